The Morgan fingerprint density at radius 1 is 1.26 bits per heavy atom. The van der Waals surface area contributed by atoms with Crippen molar-refractivity contribution < 1.29 is 18.7 Å². The van der Waals surface area contributed by atoms with Crippen molar-refractivity contribution in [1.82, 2.24) is 4.90 Å². The molecule has 1 saturated carbocycles. The summed E-state index contributed by atoms with van der Waals surface area (Å²) < 4.78 is 20.3. The fourth-order valence-electron chi connectivity index (χ4n) is 3.22. The molecule has 0 aromatic heterocycles. The molecule has 1 aliphatic carbocycles. The predicted octanol–water partition coefficient (Wildman–Crippen LogP) is 3.98. The minimum absolute atomic E-state index is 0.207. The first kappa shape index (κ1) is 20.9. The molecule has 1 unspecified atom stereocenters. The van der Waals surface area contributed by atoms with Gasteiger partial charge in [-0.1, -0.05) is 30.3 Å². The lowest BCUT2D eigenvalue weighted by Gasteiger charge is -2.27. The number of carbonyl (C=O) groups excluding carboxylic acids is 2. The first-order chi connectivity index (χ1) is 12.7. The molecule has 0 aliphatic heterocycles. The first-order valence-electron chi connectivity index (χ1n) is 9.36. The van der Waals surface area contributed by atoms with Gasteiger partial charge in [0.15, 0.2) is 0 Å². The van der Waals surface area contributed by atoms with Crippen LogP contribution in [0.3, 0.4) is 0 Å². The van der Waals surface area contributed by atoms with Gasteiger partial charge in [-0.3, -0.25) is 4.79 Å². The Balaban J connectivity index is 2.15. The Morgan fingerprint density at radius 3 is 2.52 bits per heavy atom. The Morgan fingerprint density at radius 2 is 1.93 bits per heavy atom. The molecule has 2 N–H and O–H groups in total. The van der Waals surface area contributed by atoms with E-state index in [-0.39, 0.29) is 6.54 Å². The van der Waals surface area contributed by atoms with Crippen LogP contribution in [0.25, 0.3) is 0 Å². The smallest absolute Gasteiger partial charge is 0.410 e. The zero-order chi connectivity index (χ0) is 20.0. The number of ether oxygens (including phenoxy) is 1. The number of hydrogen-bond acceptors (Lipinski definition) is 3. The molecule has 27 heavy (non-hydrogen) atoms. The van der Waals surface area contributed by atoms with E-state index in [9.17, 15) is 14.0 Å². The van der Waals surface area contributed by atoms with Crippen LogP contribution in [0, 0.1) is 5.92 Å². The number of carbonyl (C=O) groups is 2. The molecular weight excluding hydrogens is 347 g/mol. The van der Waals surface area contributed by atoms with Crippen molar-refractivity contribution in [1.29, 1.82) is 0 Å². The Bertz CT molecular complexity index is 695. The van der Waals surface area contributed by atoms with E-state index in [4.69, 9.17) is 10.5 Å². The highest BCUT2D eigenvalue weighted by molar-refractivity contribution is 5.80. The van der Waals surface area contributed by atoms with Crippen LogP contribution in [-0.2, 0) is 16.0 Å². The number of benzene rings is 1. The summed E-state index contributed by atoms with van der Waals surface area (Å²) in [5.41, 5.74) is 6.20. The molecule has 148 valence electrons. The van der Waals surface area contributed by atoms with Crippen LogP contribution in [0.4, 0.5) is 9.18 Å². The second-order valence-electron chi connectivity index (χ2n) is 7.91. The first-order valence-corrected chi connectivity index (χ1v) is 9.36. The third-order valence-electron chi connectivity index (χ3n) is 4.55. The third kappa shape index (κ3) is 6.38. The molecule has 6 heteroatoms. The number of hydrogen-bond donors (Lipinski definition) is 1. The lowest BCUT2D eigenvalue weighted by molar-refractivity contribution is -0.120. The van der Waals surface area contributed by atoms with Gasteiger partial charge in [0.25, 0.3) is 0 Å². The van der Waals surface area contributed by atoms with Crippen LogP contribution in [0.5, 0.6) is 0 Å². The van der Waals surface area contributed by atoms with Gasteiger partial charge in [-0.2, -0.15) is 0 Å². The topological polar surface area (TPSA) is 72.6 Å². The third-order valence-corrected chi connectivity index (χ3v) is 4.55. The number of rotatable bonds is 6. The lowest BCUT2D eigenvalue weighted by Crippen LogP contribution is -2.39. The molecule has 2 amide bonds. The van der Waals surface area contributed by atoms with Gasteiger partial charge in [0, 0.05) is 6.54 Å². The van der Waals surface area contributed by atoms with E-state index in [0.29, 0.717) is 31.4 Å². The van der Waals surface area contributed by atoms with Crippen molar-refractivity contribution in [3.05, 3.63) is 47.3 Å². The largest absolute Gasteiger partial charge is 0.444 e. The molecule has 0 radical (unpaired) electrons. The number of amides is 2. The Labute approximate surface area is 160 Å². The van der Waals surface area contributed by atoms with E-state index >= 15 is 0 Å². The van der Waals surface area contributed by atoms with Crippen LogP contribution >= 0.6 is 0 Å². The normalized spacial score (nSPS) is 18.9. The number of nitrogens with two attached hydrogens (primary N) is 1. The van der Waals surface area contributed by atoms with Gasteiger partial charge in [0.05, 0.1) is 12.5 Å². The predicted molar refractivity (Wildman–Crippen MR) is 103 cm³/mol. The SMILES string of the molecule is CC(C)(C)OC(=O)N(CCc1ccccc1)C/C(F)=C1/CCCC1C(N)=O. The van der Waals surface area contributed by atoms with E-state index in [1.54, 1.807) is 20.8 Å². The van der Waals surface area contributed by atoms with Crippen LogP contribution < -0.4 is 5.73 Å². The lowest BCUT2D eigenvalue weighted by atomic mass is 10.0. The van der Waals surface area contributed by atoms with Crippen molar-refractivity contribution in [3.8, 4) is 0 Å². The standard InChI is InChI=1S/C21H29FN2O3/c1-21(2,3)27-20(26)24(13-12-15-8-5-4-6-9-15)14-18(22)16-10-7-11-17(16)19(23)25/h4-6,8-9,17H,7,10-14H2,1-3H3,(H2,23,25)/b18-16+. The maximum Gasteiger partial charge on any atom is 0.410 e. The highest BCUT2D eigenvalue weighted by atomic mass is 19.1. The second kappa shape index (κ2) is 9.02. The summed E-state index contributed by atoms with van der Waals surface area (Å²) in [5.74, 6) is -1.53. The Hall–Kier alpha value is -2.37. The molecule has 0 heterocycles. The fourth-order valence-corrected chi connectivity index (χ4v) is 3.22. The van der Waals surface area contributed by atoms with E-state index in [1.807, 2.05) is 30.3 Å². The quantitative estimate of drug-likeness (QED) is 0.816. The highest BCUT2D eigenvalue weighted by Crippen LogP contribution is 2.34. The zero-order valence-corrected chi connectivity index (χ0v) is 16.3. The number of halogens is 1. The summed E-state index contributed by atoms with van der Waals surface area (Å²) in [6.07, 6.45) is 1.81. The Kier molecular flexibility index (Phi) is 6.99. The molecule has 0 bridgehead atoms. The van der Waals surface area contributed by atoms with Gasteiger partial charge in [0.1, 0.15) is 11.4 Å². The highest BCUT2D eigenvalue weighted by Gasteiger charge is 2.31. The van der Waals surface area contributed by atoms with Crippen LogP contribution in [0.15, 0.2) is 41.7 Å². The van der Waals surface area contributed by atoms with Crippen molar-refractivity contribution in [2.75, 3.05) is 13.1 Å². The van der Waals surface area contributed by atoms with E-state index in [2.05, 4.69) is 0 Å². The molecule has 0 saturated heterocycles. The minimum Gasteiger partial charge on any atom is -0.444 e. The van der Waals surface area contributed by atoms with Crippen LogP contribution in [0.2, 0.25) is 0 Å². The van der Waals surface area contributed by atoms with Gasteiger partial charge in [-0.05, 0) is 57.6 Å². The average molecular weight is 376 g/mol. The number of nitrogens with zero attached hydrogens (tertiary/aromatic N) is 1. The molecule has 1 aromatic rings. The monoisotopic (exact) mass is 376 g/mol. The molecule has 0 spiro atoms. The summed E-state index contributed by atoms with van der Waals surface area (Å²) in [5, 5.41) is 0. The molecule has 1 atom stereocenters. The molecular formula is C21H29FN2O3. The summed E-state index contributed by atoms with van der Waals surface area (Å²) in [6.45, 7) is 5.43. The zero-order valence-electron chi connectivity index (χ0n) is 16.3. The minimum atomic E-state index is -0.672. The summed E-state index contributed by atoms with van der Waals surface area (Å²) in [6, 6.07) is 9.69. The van der Waals surface area contributed by atoms with E-state index in [0.717, 1.165) is 12.0 Å². The molecule has 1 aromatic carbocycles. The van der Waals surface area contributed by atoms with Crippen molar-refractivity contribution in [2.24, 2.45) is 11.7 Å². The van der Waals surface area contributed by atoms with Crippen LogP contribution in [-0.4, -0.2) is 35.6 Å². The maximum atomic E-state index is 14.9. The molecule has 1 fully saturated rings. The summed E-state index contributed by atoms with van der Waals surface area (Å²) in [4.78, 5) is 25.5. The maximum absolute atomic E-state index is 14.9. The van der Waals surface area contributed by atoms with Gasteiger partial charge in [-0.15, -0.1) is 0 Å². The van der Waals surface area contributed by atoms with Gasteiger partial charge >= 0.3 is 6.09 Å². The second-order valence-corrected chi connectivity index (χ2v) is 7.91. The van der Waals surface area contributed by atoms with Crippen molar-refractivity contribution >= 4 is 12.0 Å². The fraction of sp³-hybridized carbons (Fsp3) is 0.524. The van der Waals surface area contributed by atoms with Gasteiger partial charge < -0.3 is 15.4 Å². The van der Waals surface area contributed by atoms with Crippen molar-refractivity contribution in [3.63, 3.8) is 0 Å². The molecule has 1 aliphatic rings. The van der Waals surface area contributed by atoms with Gasteiger partial charge in [-0.25, -0.2) is 9.18 Å². The molecule has 5 nitrogen and oxygen atoms in total. The van der Waals surface area contributed by atoms with E-state index < -0.39 is 29.3 Å². The van der Waals surface area contributed by atoms with E-state index in [1.165, 1.54) is 4.90 Å². The van der Waals surface area contributed by atoms with Crippen LogP contribution in [0.1, 0.15) is 45.6 Å². The molecule has 2 rings (SSSR count). The summed E-state index contributed by atoms with van der Waals surface area (Å²) >= 11 is 0. The van der Waals surface area contributed by atoms with Gasteiger partial charge in [0.2, 0.25) is 5.91 Å². The number of primary amides is 1. The van der Waals surface area contributed by atoms with Crippen molar-refractivity contribution in [2.45, 2.75) is 52.1 Å². The average Bonchev–Trinajstić information content (AvgIpc) is 3.08. The summed E-state index contributed by atoms with van der Waals surface area (Å²) in [7, 11) is 0.